The Hall–Kier alpha value is -1.36. The van der Waals surface area contributed by atoms with Gasteiger partial charge in [-0.25, -0.2) is 4.79 Å². The molecule has 0 aliphatic rings. The van der Waals surface area contributed by atoms with E-state index in [4.69, 9.17) is 0 Å². The zero-order valence-electron chi connectivity index (χ0n) is 12.2. The summed E-state index contributed by atoms with van der Waals surface area (Å²) in [5, 5.41) is 0. The highest BCUT2D eigenvalue weighted by atomic mass is 16.2. The van der Waals surface area contributed by atoms with E-state index in [0.717, 1.165) is 38.8 Å². The number of rotatable bonds is 8. The normalized spacial score (nSPS) is 11.2. The fraction of sp³-hybridized carbons (Fsp3) is 0.714. The summed E-state index contributed by atoms with van der Waals surface area (Å²) >= 11 is 0. The molecule has 0 saturated carbocycles. The molecule has 0 unspecified atom stereocenters. The fourth-order valence-corrected chi connectivity index (χ4v) is 2.07. The van der Waals surface area contributed by atoms with Crippen molar-refractivity contribution in [3.05, 3.63) is 32.1 Å². The van der Waals surface area contributed by atoms with Crippen molar-refractivity contribution < 1.29 is 0 Å². The Balaban J connectivity index is 2.83. The highest BCUT2D eigenvalue weighted by molar-refractivity contribution is 5.14. The van der Waals surface area contributed by atoms with Crippen LogP contribution in [0.5, 0.6) is 0 Å². The average Bonchev–Trinajstić information content (AvgIpc) is 2.35. The Morgan fingerprint density at radius 2 is 1.58 bits per heavy atom. The number of aromatic nitrogens is 2. The van der Waals surface area contributed by atoms with Crippen LogP contribution >= 0.6 is 0 Å². The van der Waals surface area contributed by atoms with Crippen molar-refractivity contribution in [3.63, 3.8) is 0 Å². The highest BCUT2D eigenvalue weighted by Crippen LogP contribution is 2.06. The number of nitrogens with one attached hydrogen (secondary N) is 2. The number of nitrogens with zero attached hydrogens (tertiary/aromatic N) is 1. The number of aryl methyl sites for hydroxylation is 1. The molecule has 0 saturated heterocycles. The van der Waals surface area contributed by atoms with E-state index >= 15 is 0 Å². The largest absolute Gasteiger partial charge is 0.325 e. The molecule has 0 bridgehead atoms. The van der Waals surface area contributed by atoms with Crippen molar-refractivity contribution in [3.8, 4) is 0 Å². The van der Waals surface area contributed by atoms with Crippen molar-refractivity contribution >= 4 is 0 Å². The minimum atomic E-state index is -0.431. The van der Waals surface area contributed by atoms with Crippen molar-refractivity contribution in [1.82, 2.24) is 14.9 Å². The predicted molar refractivity (Wildman–Crippen MR) is 77.5 cm³/mol. The van der Waals surface area contributed by atoms with E-state index in [-0.39, 0.29) is 5.56 Å². The minimum absolute atomic E-state index is 0.265. The molecule has 1 aromatic rings. The lowest BCUT2D eigenvalue weighted by molar-refractivity contribution is 0.255. The minimum Gasteiger partial charge on any atom is -0.311 e. The summed E-state index contributed by atoms with van der Waals surface area (Å²) in [6.45, 7) is 8.71. The summed E-state index contributed by atoms with van der Waals surface area (Å²) in [5.74, 6) is 0. The van der Waals surface area contributed by atoms with E-state index < -0.39 is 5.69 Å². The SMILES string of the molecule is CCCCN(CCCC)Cc1c(C)[nH]c(=O)[nH]c1=O. The van der Waals surface area contributed by atoms with Crippen molar-refractivity contribution in [2.75, 3.05) is 13.1 Å². The molecule has 108 valence electrons. The van der Waals surface area contributed by atoms with Gasteiger partial charge in [-0.3, -0.25) is 14.7 Å². The third-order valence-corrected chi connectivity index (χ3v) is 3.29. The smallest absolute Gasteiger partial charge is 0.311 e. The molecule has 0 atom stereocenters. The molecular weight excluding hydrogens is 242 g/mol. The molecule has 5 nitrogen and oxygen atoms in total. The first kappa shape index (κ1) is 15.7. The van der Waals surface area contributed by atoms with Crippen LogP contribution in [0.3, 0.4) is 0 Å². The molecule has 0 aromatic carbocycles. The van der Waals surface area contributed by atoms with Gasteiger partial charge in [0, 0.05) is 12.2 Å². The molecule has 1 rings (SSSR count). The predicted octanol–water partition coefficient (Wildman–Crippen LogP) is 1.77. The van der Waals surface area contributed by atoms with Crippen LogP contribution < -0.4 is 11.2 Å². The second-order valence-corrected chi connectivity index (χ2v) is 5.00. The maximum absolute atomic E-state index is 11.8. The number of hydrogen-bond acceptors (Lipinski definition) is 3. The summed E-state index contributed by atoms with van der Waals surface area (Å²) in [5.41, 5.74) is 0.651. The van der Waals surface area contributed by atoms with Gasteiger partial charge in [0.1, 0.15) is 0 Å². The average molecular weight is 267 g/mol. The Kier molecular flexibility index (Phi) is 6.56. The van der Waals surface area contributed by atoms with E-state index in [1.165, 1.54) is 0 Å². The molecule has 0 amide bonds. The second kappa shape index (κ2) is 7.94. The first-order valence-corrected chi connectivity index (χ1v) is 7.12. The summed E-state index contributed by atoms with van der Waals surface area (Å²) < 4.78 is 0. The van der Waals surface area contributed by atoms with Crippen molar-refractivity contribution in [2.45, 2.75) is 53.0 Å². The fourth-order valence-electron chi connectivity index (χ4n) is 2.07. The Labute approximate surface area is 114 Å². The van der Waals surface area contributed by atoms with Gasteiger partial charge in [0.2, 0.25) is 0 Å². The van der Waals surface area contributed by atoms with E-state index in [1.807, 2.05) is 0 Å². The molecule has 0 fully saturated rings. The van der Waals surface area contributed by atoms with Crippen LogP contribution in [-0.4, -0.2) is 28.0 Å². The zero-order valence-corrected chi connectivity index (χ0v) is 12.2. The van der Waals surface area contributed by atoms with Gasteiger partial charge in [0.25, 0.3) is 5.56 Å². The van der Waals surface area contributed by atoms with Crippen LogP contribution in [0.4, 0.5) is 0 Å². The van der Waals surface area contributed by atoms with E-state index in [2.05, 4.69) is 28.7 Å². The van der Waals surface area contributed by atoms with Crippen LogP contribution in [0.2, 0.25) is 0 Å². The highest BCUT2D eigenvalue weighted by Gasteiger charge is 2.11. The third-order valence-electron chi connectivity index (χ3n) is 3.29. The summed E-state index contributed by atoms with van der Waals surface area (Å²) in [7, 11) is 0. The van der Waals surface area contributed by atoms with Crippen LogP contribution in [0, 0.1) is 6.92 Å². The van der Waals surface area contributed by atoms with E-state index in [1.54, 1.807) is 6.92 Å². The Morgan fingerprint density at radius 3 is 2.05 bits per heavy atom. The molecule has 0 spiro atoms. The van der Waals surface area contributed by atoms with E-state index in [0.29, 0.717) is 17.8 Å². The van der Waals surface area contributed by atoms with Gasteiger partial charge in [-0.05, 0) is 32.9 Å². The monoisotopic (exact) mass is 267 g/mol. The van der Waals surface area contributed by atoms with E-state index in [9.17, 15) is 9.59 Å². The molecule has 19 heavy (non-hydrogen) atoms. The van der Waals surface area contributed by atoms with Gasteiger partial charge in [0.05, 0.1) is 5.56 Å². The molecule has 2 N–H and O–H groups in total. The van der Waals surface area contributed by atoms with Crippen LogP contribution in [0.1, 0.15) is 50.8 Å². The van der Waals surface area contributed by atoms with Crippen LogP contribution in [0.15, 0.2) is 9.59 Å². The Bertz CT molecular complexity index is 482. The first-order chi connectivity index (χ1) is 9.08. The lowest BCUT2D eigenvalue weighted by atomic mass is 10.2. The quantitative estimate of drug-likeness (QED) is 0.754. The summed E-state index contributed by atoms with van der Waals surface area (Å²) in [4.78, 5) is 30.3. The van der Waals surface area contributed by atoms with Crippen LogP contribution in [-0.2, 0) is 6.54 Å². The van der Waals surface area contributed by atoms with Gasteiger partial charge in [-0.15, -0.1) is 0 Å². The molecule has 1 heterocycles. The number of H-pyrrole nitrogens is 2. The number of hydrogen-bond donors (Lipinski definition) is 2. The van der Waals surface area contributed by atoms with Crippen molar-refractivity contribution in [1.29, 1.82) is 0 Å². The zero-order chi connectivity index (χ0) is 14.3. The summed E-state index contributed by atoms with van der Waals surface area (Å²) in [6, 6.07) is 0. The summed E-state index contributed by atoms with van der Waals surface area (Å²) in [6.07, 6.45) is 4.54. The second-order valence-electron chi connectivity index (χ2n) is 5.00. The third kappa shape index (κ3) is 5.03. The topological polar surface area (TPSA) is 69.0 Å². The first-order valence-electron chi connectivity index (χ1n) is 7.12. The Morgan fingerprint density at radius 1 is 1.00 bits per heavy atom. The van der Waals surface area contributed by atoms with Crippen molar-refractivity contribution in [2.24, 2.45) is 0 Å². The molecule has 0 aliphatic heterocycles. The molecule has 0 aliphatic carbocycles. The van der Waals surface area contributed by atoms with Gasteiger partial charge in [-0.1, -0.05) is 26.7 Å². The molecule has 5 heteroatoms. The standard InChI is InChI=1S/C14H25N3O2/c1-4-6-8-17(9-7-5-2)10-12-11(3)15-14(19)16-13(12)18/h4-10H2,1-3H3,(H2,15,16,18,19). The van der Waals surface area contributed by atoms with Gasteiger partial charge in [0.15, 0.2) is 0 Å². The lowest BCUT2D eigenvalue weighted by Gasteiger charge is -2.22. The lowest BCUT2D eigenvalue weighted by Crippen LogP contribution is -2.33. The van der Waals surface area contributed by atoms with Gasteiger partial charge in [-0.2, -0.15) is 0 Å². The number of unbranched alkanes of at least 4 members (excludes halogenated alkanes) is 2. The molecule has 1 aromatic heterocycles. The van der Waals surface area contributed by atoms with Gasteiger partial charge < -0.3 is 4.98 Å². The van der Waals surface area contributed by atoms with Crippen LogP contribution in [0.25, 0.3) is 0 Å². The maximum atomic E-state index is 11.8. The number of aromatic amines is 2. The maximum Gasteiger partial charge on any atom is 0.325 e. The van der Waals surface area contributed by atoms with Gasteiger partial charge >= 0.3 is 5.69 Å². The molecular formula is C14H25N3O2. The molecule has 0 radical (unpaired) electrons.